The molecule has 0 saturated heterocycles. The molecular formula is C45H53O5P. The lowest BCUT2D eigenvalue weighted by Gasteiger charge is -2.32. The molecule has 0 amide bonds. The first-order valence-corrected chi connectivity index (χ1v) is 18.9. The van der Waals surface area contributed by atoms with Crippen LogP contribution < -0.4 is 30.1 Å². The van der Waals surface area contributed by atoms with E-state index >= 15 is 0 Å². The minimum atomic E-state index is -1.29. The Hall–Kier alpha value is -4.15. The van der Waals surface area contributed by atoms with E-state index in [2.05, 4.69) is 116 Å². The molecule has 0 aliphatic heterocycles. The van der Waals surface area contributed by atoms with Crippen molar-refractivity contribution in [3.05, 3.63) is 143 Å². The number of ether oxygens (including phenoxy) is 5. The number of para-hydroxylation sites is 1. The van der Waals surface area contributed by atoms with E-state index in [9.17, 15) is 0 Å². The highest BCUT2D eigenvalue weighted by molar-refractivity contribution is 7.80. The van der Waals surface area contributed by atoms with Crippen LogP contribution in [-0.2, 0) is 33.5 Å². The smallest absolute Gasteiger partial charge is 0.189 e. The third-order valence-corrected chi connectivity index (χ3v) is 11.1. The third-order valence-electron chi connectivity index (χ3n) is 8.65. The standard InChI is InChI=1S/C45H53O5P/c1-32-24-36(44(3,4)5)42(49-30-47-28-34-18-12-10-13-19-34)40(26-32)51(39-23-17-16-22-38(39)46-9)41-27-33(2)25-37(45(6,7)8)43(41)50-31-48-29-35-20-14-11-15-21-35/h10-27H,28-31H2,1-9H3. The molecule has 51 heavy (non-hydrogen) atoms. The minimum absolute atomic E-state index is 0.112. The van der Waals surface area contributed by atoms with E-state index < -0.39 is 7.92 Å². The Morgan fingerprint density at radius 3 is 1.33 bits per heavy atom. The zero-order valence-corrected chi connectivity index (χ0v) is 32.6. The van der Waals surface area contributed by atoms with Crippen LogP contribution >= 0.6 is 7.92 Å². The van der Waals surface area contributed by atoms with Gasteiger partial charge in [-0.05, 0) is 73.1 Å². The van der Waals surface area contributed by atoms with Crippen LogP contribution in [0.4, 0.5) is 0 Å². The molecule has 6 heteroatoms. The molecule has 0 aliphatic rings. The van der Waals surface area contributed by atoms with E-state index in [-0.39, 0.29) is 24.4 Å². The van der Waals surface area contributed by atoms with Gasteiger partial charge in [0.05, 0.1) is 20.3 Å². The van der Waals surface area contributed by atoms with Crippen molar-refractivity contribution >= 4 is 23.8 Å². The molecule has 0 saturated carbocycles. The molecule has 0 fully saturated rings. The van der Waals surface area contributed by atoms with Gasteiger partial charge in [-0.3, -0.25) is 0 Å². The molecule has 0 atom stereocenters. The van der Waals surface area contributed by atoms with Gasteiger partial charge >= 0.3 is 0 Å². The lowest BCUT2D eigenvalue weighted by Crippen LogP contribution is -2.29. The third kappa shape index (κ3) is 9.80. The maximum atomic E-state index is 6.77. The van der Waals surface area contributed by atoms with Crippen molar-refractivity contribution in [3.63, 3.8) is 0 Å². The van der Waals surface area contributed by atoms with Crippen LogP contribution in [0.3, 0.4) is 0 Å². The number of hydrogen-bond donors (Lipinski definition) is 0. The van der Waals surface area contributed by atoms with Crippen molar-refractivity contribution in [2.75, 3.05) is 20.7 Å². The van der Waals surface area contributed by atoms with Gasteiger partial charge in [-0.15, -0.1) is 0 Å². The van der Waals surface area contributed by atoms with Crippen molar-refractivity contribution in [3.8, 4) is 17.2 Å². The predicted octanol–water partition coefficient (Wildman–Crippen LogP) is 9.77. The van der Waals surface area contributed by atoms with Crippen LogP contribution in [0.2, 0.25) is 0 Å². The molecule has 0 unspecified atom stereocenters. The Balaban J connectivity index is 1.68. The fourth-order valence-electron chi connectivity index (χ4n) is 6.13. The number of methoxy groups -OCH3 is 1. The molecule has 5 aromatic rings. The summed E-state index contributed by atoms with van der Waals surface area (Å²) < 4.78 is 31.9. The van der Waals surface area contributed by atoms with E-state index in [4.69, 9.17) is 23.7 Å². The fraction of sp³-hybridized carbons (Fsp3) is 0.333. The van der Waals surface area contributed by atoms with Crippen molar-refractivity contribution in [1.82, 2.24) is 0 Å². The van der Waals surface area contributed by atoms with Crippen molar-refractivity contribution < 1.29 is 23.7 Å². The van der Waals surface area contributed by atoms with Crippen LogP contribution in [0.1, 0.15) is 74.9 Å². The van der Waals surface area contributed by atoms with E-state index in [0.29, 0.717) is 13.2 Å². The Morgan fingerprint density at radius 2 is 0.922 bits per heavy atom. The van der Waals surface area contributed by atoms with Crippen LogP contribution in [-0.4, -0.2) is 20.7 Å². The first-order valence-electron chi connectivity index (χ1n) is 17.6. The Labute approximate surface area is 306 Å². The zero-order valence-electron chi connectivity index (χ0n) is 31.7. The number of hydrogen-bond acceptors (Lipinski definition) is 5. The van der Waals surface area contributed by atoms with Gasteiger partial charge in [-0.25, -0.2) is 0 Å². The molecule has 5 aromatic carbocycles. The summed E-state index contributed by atoms with van der Waals surface area (Å²) in [7, 11) is 0.451. The molecule has 0 bridgehead atoms. The Kier molecular flexibility index (Phi) is 12.6. The van der Waals surface area contributed by atoms with E-state index in [1.54, 1.807) is 7.11 Å². The van der Waals surface area contributed by atoms with Gasteiger partial charge in [0, 0.05) is 27.0 Å². The molecule has 0 heterocycles. The Bertz CT molecular complexity index is 1760. The first kappa shape index (κ1) is 38.1. The number of benzene rings is 5. The molecule has 0 N–H and O–H groups in total. The number of rotatable bonds is 14. The minimum Gasteiger partial charge on any atom is -0.496 e. The highest BCUT2D eigenvalue weighted by Crippen LogP contribution is 2.47. The summed E-state index contributed by atoms with van der Waals surface area (Å²) in [6, 6.07) is 37.7. The number of aryl methyl sites for hydroxylation is 2. The van der Waals surface area contributed by atoms with Crippen LogP contribution in [0.25, 0.3) is 0 Å². The quantitative estimate of drug-likeness (QED) is 0.0655. The van der Waals surface area contributed by atoms with Crippen LogP contribution in [0.5, 0.6) is 17.2 Å². The summed E-state index contributed by atoms with van der Waals surface area (Å²) in [4.78, 5) is 0. The largest absolute Gasteiger partial charge is 0.496 e. The normalized spacial score (nSPS) is 11.9. The summed E-state index contributed by atoms with van der Waals surface area (Å²) in [6.45, 7) is 18.9. The lowest BCUT2D eigenvalue weighted by molar-refractivity contribution is 0.00471. The first-order chi connectivity index (χ1) is 24.4. The van der Waals surface area contributed by atoms with Crippen molar-refractivity contribution in [2.45, 2.75) is 79.4 Å². The summed E-state index contributed by atoms with van der Waals surface area (Å²) >= 11 is 0. The fourth-order valence-corrected chi connectivity index (χ4v) is 8.97. The summed E-state index contributed by atoms with van der Waals surface area (Å²) in [5.41, 5.74) is 6.36. The monoisotopic (exact) mass is 704 g/mol. The second kappa shape index (κ2) is 16.9. The molecule has 5 nitrogen and oxygen atoms in total. The summed E-state index contributed by atoms with van der Waals surface area (Å²) in [6.07, 6.45) is 0. The summed E-state index contributed by atoms with van der Waals surface area (Å²) in [5, 5.41) is 3.25. The SMILES string of the molecule is COc1ccccc1P(c1cc(C)cc(C(C)(C)C)c1OCOCc1ccccc1)c1cc(C)cc(C(C)(C)C)c1OCOCc1ccccc1. The second-order valence-electron chi connectivity index (χ2n) is 15.0. The molecular weight excluding hydrogens is 651 g/mol. The van der Waals surface area contributed by atoms with Gasteiger partial charge < -0.3 is 23.7 Å². The zero-order chi connectivity index (χ0) is 36.6. The highest BCUT2D eigenvalue weighted by atomic mass is 31.1. The van der Waals surface area contributed by atoms with Gasteiger partial charge in [0.15, 0.2) is 13.6 Å². The topological polar surface area (TPSA) is 46.2 Å². The van der Waals surface area contributed by atoms with Gasteiger partial charge in [0.1, 0.15) is 17.2 Å². The average Bonchev–Trinajstić information content (AvgIpc) is 3.10. The Morgan fingerprint density at radius 1 is 0.510 bits per heavy atom. The van der Waals surface area contributed by atoms with E-state index in [1.165, 1.54) is 0 Å². The maximum absolute atomic E-state index is 6.77. The van der Waals surface area contributed by atoms with Gasteiger partial charge in [0.25, 0.3) is 0 Å². The average molecular weight is 705 g/mol. The molecule has 0 aromatic heterocycles. The highest BCUT2D eigenvalue weighted by Gasteiger charge is 2.33. The van der Waals surface area contributed by atoms with E-state index in [1.807, 2.05) is 48.5 Å². The van der Waals surface area contributed by atoms with Crippen molar-refractivity contribution in [2.24, 2.45) is 0 Å². The molecule has 268 valence electrons. The van der Waals surface area contributed by atoms with Crippen LogP contribution in [0, 0.1) is 13.8 Å². The van der Waals surface area contributed by atoms with Crippen LogP contribution in [0.15, 0.2) is 109 Å². The maximum Gasteiger partial charge on any atom is 0.189 e. The molecule has 5 rings (SSSR count). The van der Waals surface area contributed by atoms with Gasteiger partial charge in [-0.1, -0.05) is 133 Å². The molecule has 0 radical (unpaired) electrons. The summed E-state index contributed by atoms with van der Waals surface area (Å²) in [5.74, 6) is 2.49. The van der Waals surface area contributed by atoms with Crippen molar-refractivity contribution in [1.29, 1.82) is 0 Å². The lowest BCUT2D eigenvalue weighted by atomic mass is 9.85. The second-order valence-corrected chi connectivity index (χ2v) is 17.1. The van der Waals surface area contributed by atoms with Gasteiger partial charge in [-0.2, -0.15) is 0 Å². The predicted molar refractivity (Wildman–Crippen MR) is 212 cm³/mol. The van der Waals surface area contributed by atoms with Gasteiger partial charge in [0.2, 0.25) is 0 Å². The molecule has 0 spiro atoms. The molecule has 0 aliphatic carbocycles. The van der Waals surface area contributed by atoms with E-state index in [0.717, 1.165) is 66.5 Å².